The van der Waals surface area contributed by atoms with Gasteiger partial charge in [0.15, 0.2) is 14.5 Å². The van der Waals surface area contributed by atoms with Crippen LogP contribution in [0.2, 0.25) is 28.2 Å². The van der Waals surface area contributed by atoms with E-state index < -0.39 is 55.1 Å². The molecule has 5 aromatic rings. The van der Waals surface area contributed by atoms with Crippen LogP contribution in [0.5, 0.6) is 0 Å². The van der Waals surface area contributed by atoms with Crippen LogP contribution in [0.3, 0.4) is 0 Å². The highest BCUT2D eigenvalue weighted by Gasteiger charge is 2.57. The Morgan fingerprint density at radius 2 is 1.08 bits per heavy atom. The van der Waals surface area contributed by atoms with E-state index in [1.807, 2.05) is 24.3 Å². The minimum Gasteiger partial charge on any atom is -0.408 e. The molecule has 1 fully saturated rings. The van der Waals surface area contributed by atoms with Crippen molar-refractivity contribution in [2.45, 2.75) is 115 Å². The molecule has 1 saturated heterocycles. The van der Waals surface area contributed by atoms with Crippen LogP contribution in [0.15, 0.2) is 138 Å². The minimum atomic E-state index is -3.13. The second-order valence-electron chi connectivity index (χ2n) is 19.3. The zero-order valence-corrected chi connectivity index (χ0v) is 39.7. The number of nitrogen functional groups attached to an aromatic ring is 1. The third-order valence-corrected chi connectivity index (χ3v) is 26.7. The molecule has 4 aromatic carbocycles. The number of anilines is 1. The highest BCUT2D eigenvalue weighted by molar-refractivity contribution is 7.00. The van der Waals surface area contributed by atoms with Crippen molar-refractivity contribution in [3.05, 3.63) is 144 Å². The van der Waals surface area contributed by atoms with Gasteiger partial charge in [0.1, 0.15) is 18.0 Å². The number of hydrogen-bond donors (Lipinski definition) is 2. The van der Waals surface area contributed by atoms with Crippen molar-refractivity contribution in [3.63, 3.8) is 0 Å². The molecule has 1 aliphatic rings. The van der Waals surface area contributed by atoms with Crippen molar-refractivity contribution in [2.75, 3.05) is 12.3 Å². The Hall–Kier alpha value is -3.99. The molecule has 1 aliphatic heterocycles. The maximum atomic E-state index is 13.8. The number of nitrogens with zero attached hydrogens (tertiary/aromatic N) is 2. The first-order valence-electron chi connectivity index (χ1n) is 20.7. The van der Waals surface area contributed by atoms with E-state index in [0.29, 0.717) is 0 Å². The fourth-order valence-corrected chi connectivity index (χ4v) is 18.4. The topological polar surface area (TPSA) is 110 Å². The molecule has 12 heteroatoms. The molecule has 0 amide bonds. The summed E-state index contributed by atoms with van der Waals surface area (Å²) in [6.45, 7) is 24.8. The van der Waals surface area contributed by atoms with Gasteiger partial charge in [0.2, 0.25) is 0 Å². The standard InChI is InChI=1S/C47H64N4O5Si3/c1-45(2,3)57(10,11)55-42-41(50-56-59(47(7,8)9,37-28-20-14-21-29-37)38-30-22-15-23-31-38)39(54-43(42)51-33-32-40(48)49-44(51)52)34-53-58(46(4,5)6,35-24-16-12-17-25-35)36-26-18-13-19-27-36/h12-33,39,41-43,50H,34H2,1-11H3,(H2,48,49,52)/t39-,41-,42-,43-/m1/s1. The first kappa shape index (κ1) is 44.6. The number of hydrogen-bond acceptors (Lipinski definition) is 8. The van der Waals surface area contributed by atoms with E-state index in [1.54, 1.807) is 12.3 Å². The number of aromatic nitrogens is 2. The SMILES string of the molecule is CC(C)(C)[Si](C)(C)O[C@@H]1[C@H](NO[Si](c2ccccc2)(c2ccccc2)C(C)(C)C)[C@@H](CO[Si](c2ccccc2)(c2ccccc2)C(C)(C)C)O[C@H]1n1ccc(N)nc1=O. The maximum Gasteiger partial charge on any atom is 0.351 e. The maximum absolute atomic E-state index is 13.8. The molecular weight excluding hydrogens is 785 g/mol. The van der Waals surface area contributed by atoms with Gasteiger partial charge in [-0.15, -0.1) is 0 Å². The molecular formula is C47H64N4O5Si3. The van der Waals surface area contributed by atoms with E-state index in [2.05, 4.69) is 183 Å². The van der Waals surface area contributed by atoms with Gasteiger partial charge in [-0.3, -0.25) is 4.57 Å². The van der Waals surface area contributed by atoms with Crippen molar-refractivity contribution in [1.82, 2.24) is 15.0 Å². The van der Waals surface area contributed by atoms with Crippen molar-refractivity contribution < 1.29 is 18.1 Å². The monoisotopic (exact) mass is 848 g/mol. The van der Waals surface area contributed by atoms with Gasteiger partial charge in [0.25, 0.3) is 16.6 Å². The number of nitrogens with two attached hydrogens (primary N) is 1. The summed E-state index contributed by atoms with van der Waals surface area (Å²) in [6, 6.07) is 43.3. The third kappa shape index (κ3) is 8.78. The van der Waals surface area contributed by atoms with Crippen molar-refractivity contribution in [3.8, 4) is 0 Å². The Morgan fingerprint density at radius 1 is 0.661 bits per heavy atom. The summed E-state index contributed by atoms with van der Waals surface area (Å²) in [5.74, 6) is 0.141. The molecule has 0 unspecified atom stereocenters. The molecule has 0 radical (unpaired) electrons. The number of benzene rings is 4. The van der Waals surface area contributed by atoms with Gasteiger partial charge in [-0.25, -0.2) is 10.3 Å². The first-order chi connectivity index (χ1) is 27.7. The Kier molecular flexibility index (Phi) is 13.0. The summed E-state index contributed by atoms with van der Waals surface area (Å²) < 4.78 is 31.1. The molecule has 0 saturated carbocycles. The van der Waals surface area contributed by atoms with Crippen molar-refractivity contribution >= 4 is 51.5 Å². The van der Waals surface area contributed by atoms with Crippen LogP contribution in [0.1, 0.15) is 68.5 Å². The number of rotatable bonds is 13. The predicted molar refractivity (Wildman–Crippen MR) is 248 cm³/mol. The lowest BCUT2D eigenvalue weighted by Crippen LogP contribution is -2.70. The van der Waals surface area contributed by atoms with Gasteiger partial charge in [-0.2, -0.15) is 4.98 Å². The summed E-state index contributed by atoms with van der Waals surface area (Å²) in [5, 5.41) is 3.82. The predicted octanol–water partition coefficient (Wildman–Crippen LogP) is 7.14. The molecule has 9 nitrogen and oxygen atoms in total. The fourth-order valence-electron chi connectivity index (χ4n) is 8.28. The molecule has 2 heterocycles. The lowest BCUT2D eigenvalue weighted by atomic mass is 10.1. The Labute approximate surface area is 354 Å². The van der Waals surface area contributed by atoms with Crippen LogP contribution >= 0.6 is 0 Å². The third-order valence-electron chi connectivity index (χ3n) is 12.4. The molecule has 6 rings (SSSR count). The fraction of sp³-hybridized carbons (Fsp3) is 0.404. The van der Waals surface area contributed by atoms with Gasteiger partial charge in [0.05, 0.1) is 12.6 Å². The first-order valence-corrected chi connectivity index (χ1v) is 27.4. The largest absolute Gasteiger partial charge is 0.408 e. The molecule has 1 aromatic heterocycles. The molecule has 3 N–H and O–H groups in total. The van der Waals surface area contributed by atoms with Crippen LogP contribution < -0.4 is 37.7 Å². The second-order valence-corrected chi connectivity index (χ2v) is 32.6. The molecule has 0 aliphatic carbocycles. The van der Waals surface area contributed by atoms with Crippen LogP contribution in [0, 0.1) is 0 Å². The zero-order valence-electron chi connectivity index (χ0n) is 36.7. The number of nitrogens with one attached hydrogen (secondary N) is 1. The summed E-state index contributed by atoms with van der Waals surface area (Å²) in [7, 11) is -8.69. The van der Waals surface area contributed by atoms with Crippen LogP contribution in [0.25, 0.3) is 0 Å². The van der Waals surface area contributed by atoms with Gasteiger partial charge >= 0.3 is 5.69 Å². The van der Waals surface area contributed by atoms with Gasteiger partial charge in [-0.05, 0) is 55.0 Å². The van der Waals surface area contributed by atoms with Crippen LogP contribution in [0.4, 0.5) is 5.82 Å². The molecule has 314 valence electrons. The van der Waals surface area contributed by atoms with Crippen LogP contribution in [-0.4, -0.2) is 59.4 Å². The summed E-state index contributed by atoms with van der Waals surface area (Å²) in [5.41, 5.74) is 9.21. The zero-order chi connectivity index (χ0) is 42.9. The normalized spacial score (nSPS) is 19.5. The molecule has 0 bridgehead atoms. The Balaban J connectivity index is 1.54. The Morgan fingerprint density at radius 3 is 1.47 bits per heavy atom. The average molecular weight is 849 g/mol. The van der Waals surface area contributed by atoms with E-state index in [4.69, 9.17) is 23.8 Å². The number of ether oxygens (including phenoxy) is 1. The van der Waals surface area contributed by atoms with Crippen molar-refractivity contribution in [2.24, 2.45) is 0 Å². The second kappa shape index (κ2) is 17.2. The van der Waals surface area contributed by atoms with Gasteiger partial charge in [-0.1, -0.05) is 184 Å². The number of hydroxylamine groups is 1. The van der Waals surface area contributed by atoms with Gasteiger partial charge in [0, 0.05) is 6.20 Å². The minimum absolute atomic E-state index is 0.141. The van der Waals surface area contributed by atoms with E-state index in [1.165, 1.54) is 4.57 Å². The van der Waals surface area contributed by atoms with E-state index in [9.17, 15) is 4.79 Å². The summed E-state index contributed by atoms with van der Waals surface area (Å²) in [6.07, 6.45) is -0.509. The van der Waals surface area contributed by atoms with Crippen LogP contribution in [-0.2, 0) is 18.1 Å². The van der Waals surface area contributed by atoms with Crippen molar-refractivity contribution in [1.29, 1.82) is 0 Å². The summed E-state index contributed by atoms with van der Waals surface area (Å²) >= 11 is 0. The Bertz CT molecular complexity index is 2110. The summed E-state index contributed by atoms with van der Waals surface area (Å²) in [4.78, 5) is 17.9. The average Bonchev–Trinajstić information content (AvgIpc) is 3.51. The molecule has 4 atom stereocenters. The van der Waals surface area contributed by atoms with E-state index >= 15 is 0 Å². The van der Waals surface area contributed by atoms with Gasteiger partial charge < -0.3 is 23.8 Å². The highest BCUT2D eigenvalue weighted by Crippen LogP contribution is 2.44. The lowest BCUT2D eigenvalue weighted by Gasteiger charge is -2.45. The van der Waals surface area contributed by atoms with E-state index in [-0.39, 0.29) is 27.5 Å². The van der Waals surface area contributed by atoms with E-state index in [0.717, 1.165) is 20.7 Å². The molecule has 59 heavy (non-hydrogen) atoms. The molecule has 0 spiro atoms. The quantitative estimate of drug-likeness (QED) is 0.0952. The highest BCUT2D eigenvalue weighted by atomic mass is 28.4. The smallest absolute Gasteiger partial charge is 0.351 e. The lowest BCUT2D eigenvalue weighted by molar-refractivity contribution is -0.0493.